The van der Waals surface area contributed by atoms with Gasteiger partial charge < -0.3 is 14.2 Å². The number of morpholine rings is 1. The number of fused-ring (bicyclic) bond motifs is 4. The molecule has 0 saturated carbocycles. The van der Waals surface area contributed by atoms with Crippen LogP contribution in [0.15, 0.2) is 54.9 Å². The number of hydrogen-bond acceptors (Lipinski definition) is 5. The molecule has 0 radical (unpaired) electrons. The summed E-state index contributed by atoms with van der Waals surface area (Å²) in [6.07, 6.45) is 10.8. The van der Waals surface area contributed by atoms with E-state index < -0.39 is 0 Å². The van der Waals surface area contributed by atoms with Crippen LogP contribution in [0.2, 0.25) is 0 Å². The lowest BCUT2D eigenvalue weighted by molar-refractivity contribution is -0.135. The molecule has 4 aromatic rings. The molecule has 1 fully saturated rings. The summed E-state index contributed by atoms with van der Waals surface area (Å²) in [5.74, 6) is 0.140. The van der Waals surface area contributed by atoms with Crippen LogP contribution in [-0.2, 0) is 29.0 Å². The molecule has 204 valence electrons. The number of nitrogens with zero attached hydrogens (tertiary/aromatic N) is 5. The van der Waals surface area contributed by atoms with Gasteiger partial charge in [0, 0.05) is 48.3 Å². The highest BCUT2D eigenvalue weighted by atomic mass is 16.5. The number of unbranched alkanes of at least 4 members (excludes halogenated alkanes) is 2. The summed E-state index contributed by atoms with van der Waals surface area (Å²) in [5.41, 5.74) is 5.82. The molecular formula is C32H39N5O2. The zero-order valence-corrected chi connectivity index (χ0v) is 23.0. The molecule has 0 spiro atoms. The zero-order chi connectivity index (χ0) is 26.6. The predicted molar refractivity (Wildman–Crippen MR) is 154 cm³/mol. The Labute approximate surface area is 230 Å². The monoisotopic (exact) mass is 525 g/mol. The molecule has 1 saturated heterocycles. The highest BCUT2D eigenvalue weighted by molar-refractivity contribution is 6.09. The average molecular weight is 526 g/mol. The van der Waals surface area contributed by atoms with Crippen molar-refractivity contribution >= 4 is 27.7 Å². The molecule has 3 aromatic heterocycles. The minimum atomic E-state index is 0.140. The van der Waals surface area contributed by atoms with Gasteiger partial charge in [0.05, 0.1) is 36.2 Å². The third-order valence-corrected chi connectivity index (χ3v) is 8.42. The quantitative estimate of drug-likeness (QED) is 0.270. The fourth-order valence-corrected chi connectivity index (χ4v) is 6.44. The Balaban J connectivity index is 1.40. The number of pyridine rings is 2. The van der Waals surface area contributed by atoms with Gasteiger partial charge in [-0.05, 0) is 56.0 Å². The van der Waals surface area contributed by atoms with E-state index in [-0.39, 0.29) is 11.9 Å². The first-order valence-electron chi connectivity index (χ1n) is 14.6. The normalized spacial score (nSPS) is 17.7. The van der Waals surface area contributed by atoms with Crippen LogP contribution < -0.4 is 0 Å². The van der Waals surface area contributed by atoms with Crippen molar-refractivity contribution in [2.45, 2.75) is 64.6 Å². The summed E-state index contributed by atoms with van der Waals surface area (Å²) in [6.45, 7) is 6.84. The van der Waals surface area contributed by atoms with Crippen LogP contribution in [0.25, 0.3) is 21.8 Å². The number of ether oxygens (including phenoxy) is 1. The van der Waals surface area contributed by atoms with E-state index in [4.69, 9.17) is 14.7 Å². The first kappa shape index (κ1) is 26.0. The lowest BCUT2D eigenvalue weighted by atomic mass is 9.90. The van der Waals surface area contributed by atoms with Crippen LogP contribution in [0, 0.1) is 0 Å². The van der Waals surface area contributed by atoms with Crippen LogP contribution >= 0.6 is 0 Å². The van der Waals surface area contributed by atoms with Crippen molar-refractivity contribution in [2.24, 2.45) is 0 Å². The van der Waals surface area contributed by atoms with E-state index in [2.05, 4.69) is 58.9 Å². The molecule has 39 heavy (non-hydrogen) atoms. The molecule has 0 N–H and O–H groups in total. The smallest absolute Gasteiger partial charge is 0.242 e. The number of hydrogen-bond donors (Lipinski definition) is 0. The van der Waals surface area contributed by atoms with Crippen LogP contribution in [0.5, 0.6) is 0 Å². The van der Waals surface area contributed by atoms with Gasteiger partial charge in [0.15, 0.2) is 0 Å². The summed E-state index contributed by atoms with van der Waals surface area (Å²) >= 11 is 0. The van der Waals surface area contributed by atoms with Gasteiger partial charge in [-0.3, -0.25) is 19.7 Å². The van der Waals surface area contributed by atoms with E-state index in [1.807, 2.05) is 17.3 Å². The minimum Gasteiger partial charge on any atom is -0.378 e. The van der Waals surface area contributed by atoms with E-state index in [9.17, 15) is 4.79 Å². The third kappa shape index (κ3) is 5.30. The zero-order valence-electron chi connectivity index (χ0n) is 23.0. The second-order valence-electron chi connectivity index (χ2n) is 10.9. The molecule has 4 heterocycles. The Morgan fingerprint density at radius 1 is 1.03 bits per heavy atom. The molecule has 2 aliphatic rings. The summed E-state index contributed by atoms with van der Waals surface area (Å²) in [4.78, 5) is 27.8. The number of aromatic nitrogens is 3. The molecular weight excluding hydrogens is 486 g/mol. The van der Waals surface area contributed by atoms with Crippen molar-refractivity contribution in [1.82, 2.24) is 24.3 Å². The van der Waals surface area contributed by atoms with Gasteiger partial charge in [-0.1, -0.05) is 44.0 Å². The number of benzene rings is 1. The van der Waals surface area contributed by atoms with E-state index in [0.717, 1.165) is 49.1 Å². The number of carbonyl (C=O) groups excluding carboxylic acids is 1. The van der Waals surface area contributed by atoms with Gasteiger partial charge in [0.1, 0.15) is 6.54 Å². The first-order valence-corrected chi connectivity index (χ1v) is 14.6. The molecule has 7 nitrogen and oxygen atoms in total. The summed E-state index contributed by atoms with van der Waals surface area (Å²) in [7, 11) is 0. The van der Waals surface area contributed by atoms with Gasteiger partial charge in [-0.25, -0.2) is 0 Å². The van der Waals surface area contributed by atoms with E-state index in [0.29, 0.717) is 32.8 Å². The van der Waals surface area contributed by atoms with Crippen LogP contribution in [0.1, 0.15) is 62.0 Å². The van der Waals surface area contributed by atoms with Crippen molar-refractivity contribution in [3.63, 3.8) is 0 Å². The second-order valence-corrected chi connectivity index (χ2v) is 10.9. The SMILES string of the molecule is CCCCCN(Cc1nccc2c3ccccc3n(CC(=O)N3CCOCC3)c12)C1CCCc2cccnc21. The third-order valence-electron chi connectivity index (χ3n) is 8.42. The van der Waals surface area contributed by atoms with Crippen LogP contribution in [0.3, 0.4) is 0 Å². The maximum absolute atomic E-state index is 13.5. The summed E-state index contributed by atoms with van der Waals surface area (Å²) in [5, 5.41) is 2.34. The number of para-hydroxylation sites is 1. The second kappa shape index (κ2) is 11.8. The Hall–Kier alpha value is -3.29. The van der Waals surface area contributed by atoms with Crippen molar-refractivity contribution in [1.29, 1.82) is 0 Å². The minimum absolute atomic E-state index is 0.140. The number of rotatable bonds is 9. The van der Waals surface area contributed by atoms with Gasteiger partial charge >= 0.3 is 0 Å². The first-order chi connectivity index (χ1) is 19.2. The molecule has 1 amide bonds. The Morgan fingerprint density at radius 2 is 1.90 bits per heavy atom. The predicted octanol–water partition coefficient (Wildman–Crippen LogP) is 5.51. The average Bonchev–Trinajstić information content (AvgIpc) is 3.31. The number of aryl methyl sites for hydroxylation is 1. The standard InChI is InChI=1S/C32H39N5O2/c1-2-3-6-17-36(29-13-7-9-24-10-8-15-34-31(24)29)22-27-32-26(14-16-33-27)25-11-4-5-12-28(25)37(32)23-30(38)35-18-20-39-21-19-35/h4-5,8,10-12,14-16,29H,2-3,6-7,9,13,17-23H2,1H3. The van der Waals surface area contributed by atoms with Crippen molar-refractivity contribution < 1.29 is 9.53 Å². The molecule has 1 atom stereocenters. The van der Waals surface area contributed by atoms with Crippen molar-refractivity contribution in [3.8, 4) is 0 Å². The molecule has 1 aromatic carbocycles. The van der Waals surface area contributed by atoms with Crippen molar-refractivity contribution in [2.75, 3.05) is 32.8 Å². The van der Waals surface area contributed by atoms with E-state index >= 15 is 0 Å². The largest absolute Gasteiger partial charge is 0.378 e. The fourth-order valence-electron chi connectivity index (χ4n) is 6.44. The van der Waals surface area contributed by atoms with E-state index in [1.54, 1.807) is 0 Å². The maximum atomic E-state index is 13.5. The van der Waals surface area contributed by atoms with Gasteiger partial charge in [-0.2, -0.15) is 0 Å². The Kier molecular flexibility index (Phi) is 7.88. The lowest BCUT2D eigenvalue weighted by Crippen LogP contribution is -2.42. The van der Waals surface area contributed by atoms with Crippen molar-refractivity contribution in [3.05, 3.63) is 71.8 Å². The number of amides is 1. The van der Waals surface area contributed by atoms with Gasteiger partial charge in [-0.15, -0.1) is 0 Å². The lowest BCUT2D eigenvalue weighted by Gasteiger charge is -2.35. The Bertz CT molecular complexity index is 1440. The van der Waals surface area contributed by atoms with Crippen LogP contribution in [-0.4, -0.2) is 63.1 Å². The Morgan fingerprint density at radius 3 is 2.77 bits per heavy atom. The molecule has 1 aliphatic carbocycles. The van der Waals surface area contributed by atoms with Gasteiger partial charge in [0.2, 0.25) is 5.91 Å². The highest BCUT2D eigenvalue weighted by Crippen LogP contribution is 2.36. The van der Waals surface area contributed by atoms with Gasteiger partial charge in [0.25, 0.3) is 0 Å². The summed E-state index contributed by atoms with van der Waals surface area (Å²) < 4.78 is 7.70. The number of carbonyl (C=O) groups is 1. The molecule has 1 unspecified atom stereocenters. The van der Waals surface area contributed by atoms with E-state index in [1.165, 1.54) is 41.3 Å². The molecule has 1 aliphatic heterocycles. The summed E-state index contributed by atoms with van der Waals surface area (Å²) in [6, 6.07) is 15.1. The topological polar surface area (TPSA) is 63.5 Å². The molecule has 7 heteroatoms. The maximum Gasteiger partial charge on any atom is 0.242 e. The molecule has 0 bridgehead atoms. The fraction of sp³-hybridized carbons (Fsp3) is 0.469. The highest BCUT2D eigenvalue weighted by Gasteiger charge is 2.29. The van der Waals surface area contributed by atoms with Crippen LogP contribution in [0.4, 0.5) is 0 Å². The molecule has 6 rings (SSSR count).